The quantitative estimate of drug-likeness (QED) is 0.593. The standard InChI is InChI=1S/C14H18BrN5/c1-8(2)9(6-17-3)13(16)20-11-4-5-18-14-12(11)10(15)7-19-14/h4-8,17H,1-3H3,(H3,16,18,19,20)/b9-6-. The van der Waals surface area contributed by atoms with Crippen molar-refractivity contribution >= 4 is 38.5 Å². The number of pyridine rings is 1. The molecule has 0 radical (unpaired) electrons. The van der Waals surface area contributed by atoms with E-state index in [-0.39, 0.29) is 5.92 Å². The van der Waals surface area contributed by atoms with E-state index in [4.69, 9.17) is 5.73 Å². The lowest BCUT2D eigenvalue weighted by Crippen LogP contribution is -2.20. The molecule has 5 nitrogen and oxygen atoms in total. The van der Waals surface area contributed by atoms with Gasteiger partial charge in [0.15, 0.2) is 0 Å². The second-order valence-electron chi connectivity index (χ2n) is 4.73. The van der Waals surface area contributed by atoms with Crippen LogP contribution in [0.1, 0.15) is 13.8 Å². The topological polar surface area (TPSA) is 79.1 Å². The molecule has 0 fully saturated rings. The van der Waals surface area contributed by atoms with Crippen molar-refractivity contribution in [3.8, 4) is 0 Å². The zero-order valence-electron chi connectivity index (χ0n) is 11.7. The molecule has 0 saturated carbocycles. The number of aromatic amines is 1. The Morgan fingerprint density at radius 1 is 1.55 bits per heavy atom. The monoisotopic (exact) mass is 335 g/mol. The summed E-state index contributed by atoms with van der Waals surface area (Å²) in [5.74, 6) is 0.799. The maximum absolute atomic E-state index is 6.14. The summed E-state index contributed by atoms with van der Waals surface area (Å²) in [6.07, 6.45) is 5.45. The van der Waals surface area contributed by atoms with Crippen molar-refractivity contribution in [1.29, 1.82) is 0 Å². The molecule has 106 valence electrons. The Hall–Kier alpha value is -1.82. The van der Waals surface area contributed by atoms with Crippen LogP contribution in [0.3, 0.4) is 0 Å². The number of halogens is 1. The zero-order chi connectivity index (χ0) is 14.7. The Kier molecular flexibility index (Phi) is 4.44. The predicted molar refractivity (Wildman–Crippen MR) is 87.1 cm³/mol. The minimum absolute atomic E-state index is 0.290. The average molecular weight is 336 g/mol. The van der Waals surface area contributed by atoms with E-state index in [2.05, 4.69) is 50.1 Å². The van der Waals surface area contributed by atoms with Gasteiger partial charge in [-0.3, -0.25) is 0 Å². The SMILES string of the molecule is CN/C=C(\C(N)=Nc1ccnc2[nH]cc(Br)c12)C(C)C. The highest BCUT2D eigenvalue weighted by Crippen LogP contribution is 2.31. The van der Waals surface area contributed by atoms with Gasteiger partial charge >= 0.3 is 0 Å². The van der Waals surface area contributed by atoms with E-state index in [0.29, 0.717) is 5.84 Å². The van der Waals surface area contributed by atoms with Crippen LogP contribution < -0.4 is 11.1 Å². The van der Waals surface area contributed by atoms with E-state index >= 15 is 0 Å². The van der Waals surface area contributed by atoms with Crippen molar-refractivity contribution in [2.75, 3.05) is 7.05 Å². The zero-order valence-corrected chi connectivity index (χ0v) is 13.3. The third-order valence-corrected chi connectivity index (χ3v) is 3.59. The van der Waals surface area contributed by atoms with Gasteiger partial charge in [0.25, 0.3) is 0 Å². The van der Waals surface area contributed by atoms with E-state index in [1.54, 1.807) is 6.20 Å². The molecule has 20 heavy (non-hydrogen) atoms. The van der Waals surface area contributed by atoms with Crippen molar-refractivity contribution < 1.29 is 0 Å². The van der Waals surface area contributed by atoms with Gasteiger partial charge in [-0.05, 0) is 27.9 Å². The number of hydrogen-bond donors (Lipinski definition) is 3. The number of nitrogens with zero attached hydrogens (tertiary/aromatic N) is 2. The number of nitrogens with one attached hydrogen (secondary N) is 2. The van der Waals surface area contributed by atoms with Gasteiger partial charge in [-0.2, -0.15) is 0 Å². The molecule has 4 N–H and O–H groups in total. The minimum atomic E-state index is 0.290. The summed E-state index contributed by atoms with van der Waals surface area (Å²) in [6.45, 7) is 4.17. The summed E-state index contributed by atoms with van der Waals surface area (Å²) in [4.78, 5) is 11.9. The fourth-order valence-corrected chi connectivity index (χ4v) is 2.49. The largest absolute Gasteiger partial charge is 0.394 e. The van der Waals surface area contributed by atoms with Crippen LogP contribution in [0.15, 0.2) is 39.7 Å². The number of fused-ring (bicyclic) bond motifs is 1. The molecule has 0 aliphatic rings. The van der Waals surface area contributed by atoms with Crippen LogP contribution in [0, 0.1) is 5.92 Å². The molecule has 0 amide bonds. The second kappa shape index (κ2) is 6.09. The smallest absolute Gasteiger partial charge is 0.140 e. The van der Waals surface area contributed by atoms with Crippen LogP contribution in [-0.4, -0.2) is 22.9 Å². The van der Waals surface area contributed by atoms with Crippen molar-refractivity contribution in [3.05, 3.63) is 34.7 Å². The van der Waals surface area contributed by atoms with Crippen molar-refractivity contribution in [1.82, 2.24) is 15.3 Å². The second-order valence-corrected chi connectivity index (χ2v) is 5.58. The summed E-state index contributed by atoms with van der Waals surface area (Å²) in [5.41, 5.74) is 8.70. The molecule has 2 aromatic heterocycles. The van der Waals surface area contributed by atoms with Crippen LogP contribution in [0.5, 0.6) is 0 Å². The van der Waals surface area contributed by atoms with Crippen LogP contribution >= 0.6 is 15.9 Å². The van der Waals surface area contributed by atoms with Crippen molar-refractivity contribution in [3.63, 3.8) is 0 Å². The molecule has 0 atom stereocenters. The van der Waals surface area contributed by atoms with Gasteiger partial charge in [-0.1, -0.05) is 13.8 Å². The lowest BCUT2D eigenvalue weighted by molar-refractivity contribution is 0.789. The lowest BCUT2D eigenvalue weighted by atomic mass is 10.0. The van der Waals surface area contributed by atoms with Crippen LogP contribution in [0.25, 0.3) is 11.0 Å². The van der Waals surface area contributed by atoms with Crippen molar-refractivity contribution in [2.24, 2.45) is 16.6 Å². The summed E-state index contributed by atoms with van der Waals surface area (Å²) in [7, 11) is 1.85. The maximum atomic E-state index is 6.14. The summed E-state index contributed by atoms with van der Waals surface area (Å²) >= 11 is 3.50. The molecule has 0 unspecified atom stereocenters. The molecule has 0 aliphatic carbocycles. The van der Waals surface area contributed by atoms with Gasteiger partial charge in [-0.15, -0.1) is 0 Å². The predicted octanol–water partition coefficient (Wildman–Crippen LogP) is 3.07. The molecule has 0 saturated heterocycles. The first-order valence-corrected chi connectivity index (χ1v) is 7.17. The molecule has 0 aliphatic heterocycles. The Morgan fingerprint density at radius 2 is 2.30 bits per heavy atom. The van der Waals surface area contributed by atoms with Gasteiger partial charge in [0.2, 0.25) is 0 Å². The molecular weight excluding hydrogens is 318 g/mol. The first-order valence-electron chi connectivity index (χ1n) is 6.38. The van der Waals surface area contributed by atoms with E-state index < -0.39 is 0 Å². The summed E-state index contributed by atoms with van der Waals surface area (Å²) in [5, 5.41) is 3.94. The van der Waals surface area contributed by atoms with Gasteiger partial charge in [0, 0.05) is 35.7 Å². The highest BCUT2D eigenvalue weighted by atomic mass is 79.9. The first kappa shape index (κ1) is 14.6. The van der Waals surface area contributed by atoms with Crippen molar-refractivity contribution in [2.45, 2.75) is 13.8 Å². The van der Waals surface area contributed by atoms with Crippen LogP contribution in [-0.2, 0) is 0 Å². The fourth-order valence-electron chi connectivity index (χ4n) is 1.98. The third-order valence-electron chi connectivity index (χ3n) is 2.96. The molecule has 0 aromatic carbocycles. The van der Waals surface area contributed by atoms with Crippen LogP contribution in [0.4, 0.5) is 5.69 Å². The normalized spacial score (nSPS) is 13.2. The number of aromatic nitrogens is 2. The molecular formula is C14H18BrN5. The number of hydrogen-bond acceptors (Lipinski definition) is 3. The number of rotatable bonds is 4. The number of amidine groups is 1. The van der Waals surface area contributed by atoms with Crippen LogP contribution in [0.2, 0.25) is 0 Å². The van der Waals surface area contributed by atoms with Gasteiger partial charge in [0.05, 0.1) is 11.1 Å². The number of aliphatic imine (C=N–C) groups is 1. The Balaban J connectivity index is 2.52. The average Bonchev–Trinajstić information content (AvgIpc) is 2.78. The molecule has 6 heteroatoms. The Morgan fingerprint density at radius 3 is 2.95 bits per heavy atom. The molecule has 0 spiro atoms. The van der Waals surface area contributed by atoms with E-state index in [1.165, 1.54) is 0 Å². The molecule has 2 aromatic rings. The van der Waals surface area contributed by atoms with E-state index in [9.17, 15) is 0 Å². The number of nitrogens with two attached hydrogens (primary N) is 1. The van der Waals surface area contributed by atoms with Gasteiger partial charge in [0.1, 0.15) is 11.5 Å². The van der Waals surface area contributed by atoms with Gasteiger partial charge < -0.3 is 16.0 Å². The molecule has 2 rings (SSSR count). The Labute approximate surface area is 126 Å². The highest BCUT2D eigenvalue weighted by molar-refractivity contribution is 9.10. The third kappa shape index (κ3) is 2.85. The summed E-state index contributed by atoms with van der Waals surface area (Å²) in [6, 6.07) is 1.85. The lowest BCUT2D eigenvalue weighted by Gasteiger charge is -2.11. The summed E-state index contributed by atoms with van der Waals surface area (Å²) < 4.78 is 0.927. The number of H-pyrrole nitrogens is 1. The highest BCUT2D eigenvalue weighted by Gasteiger charge is 2.11. The Bertz CT molecular complexity index is 669. The van der Waals surface area contributed by atoms with Gasteiger partial charge in [-0.25, -0.2) is 9.98 Å². The first-order chi connectivity index (χ1) is 9.54. The minimum Gasteiger partial charge on any atom is -0.394 e. The molecule has 2 heterocycles. The fraction of sp³-hybridized carbons (Fsp3) is 0.286. The van der Waals surface area contributed by atoms with E-state index in [1.807, 2.05) is 25.5 Å². The van der Waals surface area contributed by atoms with E-state index in [0.717, 1.165) is 26.8 Å². The maximum Gasteiger partial charge on any atom is 0.140 e. The molecule has 0 bridgehead atoms.